The summed E-state index contributed by atoms with van der Waals surface area (Å²) in [5.41, 5.74) is 0. The molecule has 0 radical (unpaired) electrons. The van der Waals surface area contributed by atoms with E-state index in [9.17, 15) is 0 Å². The molecule has 0 saturated carbocycles. The minimum Gasteiger partial charge on any atom is -0.311 e. The molecule has 1 aliphatic heterocycles. The maximum absolute atomic E-state index is 3.69. The average Bonchev–Trinajstić information content (AvgIpc) is 2.62. The molecule has 15 heavy (non-hydrogen) atoms. The van der Waals surface area contributed by atoms with E-state index in [0.29, 0.717) is 0 Å². The van der Waals surface area contributed by atoms with Crippen LogP contribution in [0.3, 0.4) is 0 Å². The number of hydrogen-bond acceptors (Lipinski definition) is 2. The first kappa shape index (κ1) is 11.6. The van der Waals surface area contributed by atoms with Crippen LogP contribution >= 0.6 is 27.3 Å². The molecule has 2 heterocycles. The van der Waals surface area contributed by atoms with Gasteiger partial charge in [-0.25, -0.2) is 0 Å². The Hall–Kier alpha value is 0.140. The first-order valence-corrected chi connectivity index (χ1v) is 7.40. The Kier molecular flexibility index (Phi) is 4.23. The SMILES string of the molecule is CC1CCCC(CCc2cc(Br)cs2)N1. The van der Waals surface area contributed by atoms with Gasteiger partial charge in [0.05, 0.1) is 0 Å². The van der Waals surface area contributed by atoms with Crippen LogP contribution in [-0.2, 0) is 6.42 Å². The van der Waals surface area contributed by atoms with Gasteiger partial charge in [0, 0.05) is 26.8 Å². The van der Waals surface area contributed by atoms with Crippen molar-refractivity contribution in [3.63, 3.8) is 0 Å². The lowest BCUT2D eigenvalue weighted by Gasteiger charge is -2.28. The van der Waals surface area contributed by atoms with Crippen LogP contribution in [0.4, 0.5) is 0 Å². The molecule has 1 saturated heterocycles. The smallest absolute Gasteiger partial charge is 0.0285 e. The van der Waals surface area contributed by atoms with E-state index in [1.165, 1.54) is 41.5 Å². The number of thiophene rings is 1. The molecule has 1 aromatic heterocycles. The van der Waals surface area contributed by atoms with Gasteiger partial charge in [-0.3, -0.25) is 0 Å². The van der Waals surface area contributed by atoms with Gasteiger partial charge in [-0.1, -0.05) is 6.42 Å². The van der Waals surface area contributed by atoms with Gasteiger partial charge < -0.3 is 5.32 Å². The van der Waals surface area contributed by atoms with Crippen LogP contribution in [0.25, 0.3) is 0 Å². The van der Waals surface area contributed by atoms with Crippen LogP contribution in [0.2, 0.25) is 0 Å². The quantitative estimate of drug-likeness (QED) is 0.887. The monoisotopic (exact) mass is 287 g/mol. The zero-order valence-electron chi connectivity index (χ0n) is 9.13. The third-order valence-corrected chi connectivity index (χ3v) is 4.83. The Morgan fingerprint density at radius 2 is 2.40 bits per heavy atom. The van der Waals surface area contributed by atoms with E-state index < -0.39 is 0 Å². The Labute approximate surface area is 104 Å². The van der Waals surface area contributed by atoms with Gasteiger partial charge in [0.1, 0.15) is 0 Å². The molecular weight excluding hydrogens is 270 g/mol. The summed E-state index contributed by atoms with van der Waals surface area (Å²) < 4.78 is 1.23. The molecule has 0 spiro atoms. The molecule has 0 aliphatic carbocycles. The molecule has 1 aliphatic rings. The van der Waals surface area contributed by atoms with Crippen LogP contribution in [0.15, 0.2) is 15.9 Å². The minimum atomic E-state index is 0.721. The summed E-state index contributed by atoms with van der Waals surface area (Å²) >= 11 is 5.37. The van der Waals surface area contributed by atoms with Crippen LogP contribution in [0.5, 0.6) is 0 Å². The maximum atomic E-state index is 3.69. The molecule has 2 rings (SSSR count). The molecule has 3 heteroatoms. The van der Waals surface area contributed by atoms with Crippen LogP contribution < -0.4 is 5.32 Å². The number of hydrogen-bond donors (Lipinski definition) is 1. The molecule has 1 N–H and O–H groups in total. The molecule has 0 amide bonds. The van der Waals surface area contributed by atoms with Crippen molar-refractivity contribution in [2.24, 2.45) is 0 Å². The second-order valence-electron chi connectivity index (χ2n) is 4.47. The summed E-state index contributed by atoms with van der Waals surface area (Å²) in [4.78, 5) is 1.50. The molecular formula is C12H18BrNS. The van der Waals surface area contributed by atoms with Crippen molar-refractivity contribution in [1.29, 1.82) is 0 Å². The van der Waals surface area contributed by atoms with Gasteiger partial charge in [-0.05, 0) is 54.6 Å². The first-order valence-electron chi connectivity index (χ1n) is 5.73. The lowest BCUT2D eigenvalue weighted by atomic mass is 9.96. The minimum absolute atomic E-state index is 0.721. The van der Waals surface area contributed by atoms with Crippen molar-refractivity contribution >= 4 is 27.3 Å². The van der Waals surface area contributed by atoms with Gasteiger partial charge in [-0.2, -0.15) is 0 Å². The topological polar surface area (TPSA) is 12.0 Å². The number of nitrogens with one attached hydrogen (secondary N) is 1. The molecule has 1 aromatic rings. The van der Waals surface area contributed by atoms with E-state index >= 15 is 0 Å². The van der Waals surface area contributed by atoms with Crippen molar-refractivity contribution < 1.29 is 0 Å². The van der Waals surface area contributed by atoms with E-state index in [4.69, 9.17) is 0 Å². The molecule has 1 nitrogen and oxygen atoms in total. The molecule has 1 fully saturated rings. The van der Waals surface area contributed by atoms with E-state index in [-0.39, 0.29) is 0 Å². The van der Waals surface area contributed by atoms with Crippen LogP contribution in [0.1, 0.15) is 37.5 Å². The van der Waals surface area contributed by atoms with Gasteiger partial charge in [-0.15, -0.1) is 11.3 Å². The van der Waals surface area contributed by atoms with Crippen molar-refractivity contribution in [2.75, 3.05) is 0 Å². The molecule has 0 aromatic carbocycles. The lowest BCUT2D eigenvalue weighted by molar-refractivity contribution is 0.322. The summed E-state index contributed by atoms with van der Waals surface area (Å²) in [6.07, 6.45) is 6.61. The summed E-state index contributed by atoms with van der Waals surface area (Å²) in [5.74, 6) is 0. The van der Waals surface area contributed by atoms with E-state index in [1.54, 1.807) is 0 Å². The fourth-order valence-electron chi connectivity index (χ4n) is 2.27. The Balaban J connectivity index is 1.77. The van der Waals surface area contributed by atoms with Gasteiger partial charge >= 0.3 is 0 Å². The highest BCUT2D eigenvalue weighted by Crippen LogP contribution is 2.23. The Bertz CT molecular complexity index is 310. The van der Waals surface area contributed by atoms with Crippen molar-refractivity contribution in [2.45, 2.75) is 51.1 Å². The summed E-state index contributed by atoms with van der Waals surface area (Å²) in [6.45, 7) is 2.30. The second-order valence-corrected chi connectivity index (χ2v) is 6.38. The highest BCUT2D eigenvalue weighted by atomic mass is 79.9. The number of aryl methyl sites for hydroxylation is 1. The molecule has 84 valence electrons. The summed E-state index contributed by atoms with van der Waals surface area (Å²) in [5, 5.41) is 5.86. The highest BCUT2D eigenvalue weighted by molar-refractivity contribution is 9.10. The third kappa shape index (κ3) is 3.58. The third-order valence-electron chi connectivity index (χ3n) is 3.07. The van der Waals surface area contributed by atoms with Crippen molar-refractivity contribution in [1.82, 2.24) is 5.32 Å². The van der Waals surface area contributed by atoms with Crippen molar-refractivity contribution in [3.8, 4) is 0 Å². The largest absolute Gasteiger partial charge is 0.311 e. The van der Waals surface area contributed by atoms with Crippen molar-refractivity contribution in [3.05, 3.63) is 20.8 Å². The molecule has 2 atom stereocenters. The maximum Gasteiger partial charge on any atom is 0.0285 e. The van der Waals surface area contributed by atoms with Crippen LogP contribution in [-0.4, -0.2) is 12.1 Å². The van der Waals surface area contributed by atoms with E-state index in [0.717, 1.165) is 12.1 Å². The zero-order valence-corrected chi connectivity index (χ0v) is 11.5. The summed E-state index contributed by atoms with van der Waals surface area (Å²) in [6, 6.07) is 3.71. The number of halogens is 1. The predicted octanol–water partition coefficient (Wildman–Crippen LogP) is 3.97. The van der Waals surface area contributed by atoms with Gasteiger partial charge in [0.15, 0.2) is 0 Å². The van der Waals surface area contributed by atoms with E-state index in [1.807, 2.05) is 11.3 Å². The number of rotatable bonds is 3. The van der Waals surface area contributed by atoms with E-state index in [2.05, 4.69) is 39.6 Å². The fourth-order valence-corrected chi connectivity index (χ4v) is 3.74. The average molecular weight is 288 g/mol. The van der Waals surface area contributed by atoms with Gasteiger partial charge in [0.2, 0.25) is 0 Å². The molecule has 0 bridgehead atoms. The normalized spacial score (nSPS) is 26.8. The zero-order chi connectivity index (χ0) is 10.7. The summed E-state index contributed by atoms with van der Waals surface area (Å²) in [7, 11) is 0. The first-order chi connectivity index (χ1) is 7.24. The number of piperidine rings is 1. The lowest BCUT2D eigenvalue weighted by Crippen LogP contribution is -2.40. The fraction of sp³-hybridized carbons (Fsp3) is 0.667. The molecule has 2 unspecified atom stereocenters. The Morgan fingerprint density at radius 3 is 3.07 bits per heavy atom. The standard InChI is InChI=1S/C12H18BrNS/c1-9-3-2-4-11(14-9)5-6-12-7-10(13)8-15-12/h7-9,11,14H,2-6H2,1H3. The predicted molar refractivity (Wildman–Crippen MR) is 70.6 cm³/mol. The second kappa shape index (κ2) is 5.46. The highest BCUT2D eigenvalue weighted by Gasteiger charge is 2.17. The Morgan fingerprint density at radius 1 is 1.53 bits per heavy atom. The van der Waals surface area contributed by atoms with Gasteiger partial charge in [0.25, 0.3) is 0 Å². The van der Waals surface area contributed by atoms with Crippen LogP contribution in [0, 0.1) is 0 Å².